The zero-order chi connectivity index (χ0) is 14.5. The monoisotopic (exact) mass is 277 g/mol. The van der Waals surface area contributed by atoms with Crippen molar-refractivity contribution in [3.63, 3.8) is 0 Å². The summed E-state index contributed by atoms with van der Waals surface area (Å²) in [6.45, 7) is 7.89. The summed E-state index contributed by atoms with van der Waals surface area (Å²) in [6, 6.07) is 6.08. The zero-order valence-electron chi connectivity index (χ0n) is 12.4. The summed E-state index contributed by atoms with van der Waals surface area (Å²) in [7, 11) is 0. The molecule has 1 unspecified atom stereocenters. The Labute approximate surface area is 120 Å². The van der Waals surface area contributed by atoms with Crippen molar-refractivity contribution in [3.05, 3.63) is 23.8 Å². The van der Waals surface area contributed by atoms with E-state index in [2.05, 4.69) is 18.3 Å². The van der Waals surface area contributed by atoms with Gasteiger partial charge in [-0.25, -0.2) is 0 Å². The van der Waals surface area contributed by atoms with Crippen LogP contribution in [0.3, 0.4) is 0 Å². The summed E-state index contributed by atoms with van der Waals surface area (Å²) in [5, 5.41) is 2.95. The second-order valence-corrected chi connectivity index (χ2v) is 5.54. The lowest BCUT2D eigenvalue weighted by Gasteiger charge is -2.20. The molecule has 1 aromatic carbocycles. The van der Waals surface area contributed by atoms with Crippen molar-refractivity contribution in [3.8, 4) is 11.5 Å². The average Bonchev–Trinajstić information content (AvgIpc) is 2.46. The molecule has 4 heteroatoms. The standard InChI is InChI=1S/C16H23NO3/c1-11(2)16(18)17-7-6-12(3)13-4-5-14-15(10-13)20-9-8-19-14/h4-5,10-12H,6-9H2,1-3H3,(H,17,18). The van der Waals surface area contributed by atoms with Crippen LogP contribution < -0.4 is 14.8 Å². The third-order valence-corrected chi connectivity index (χ3v) is 3.54. The number of hydrogen-bond donors (Lipinski definition) is 1. The molecule has 0 bridgehead atoms. The quantitative estimate of drug-likeness (QED) is 0.900. The highest BCUT2D eigenvalue weighted by Crippen LogP contribution is 2.33. The van der Waals surface area contributed by atoms with Crippen LogP contribution in [0.25, 0.3) is 0 Å². The fourth-order valence-electron chi connectivity index (χ4n) is 2.15. The fourth-order valence-corrected chi connectivity index (χ4v) is 2.15. The number of carbonyl (C=O) groups is 1. The number of ether oxygens (including phenoxy) is 2. The molecule has 110 valence electrons. The van der Waals surface area contributed by atoms with Gasteiger partial charge in [0.1, 0.15) is 13.2 Å². The third-order valence-electron chi connectivity index (χ3n) is 3.54. The molecule has 1 N–H and O–H groups in total. The summed E-state index contributed by atoms with van der Waals surface area (Å²) in [4.78, 5) is 11.5. The fraction of sp³-hybridized carbons (Fsp3) is 0.562. The van der Waals surface area contributed by atoms with Gasteiger partial charge in [0, 0.05) is 12.5 Å². The van der Waals surface area contributed by atoms with E-state index in [-0.39, 0.29) is 11.8 Å². The second kappa shape index (κ2) is 6.64. The van der Waals surface area contributed by atoms with E-state index >= 15 is 0 Å². The van der Waals surface area contributed by atoms with Gasteiger partial charge in [-0.3, -0.25) is 4.79 Å². The Morgan fingerprint density at radius 2 is 1.90 bits per heavy atom. The largest absolute Gasteiger partial charge is 0.486 e. The molecule has 0 spiro atoms. The molecule has 0 radical (unpaired) electrons. The predicted octanol–water partition coefficient (Wildman–Crippen LogP) is 2.72. The molecule has 0 aliphatic carbocycles. The first-order chi connectivity index (χ1) is 9.58. The lowest BCUT2D eigenvalue weighted by Crippen LogP contribution is -2.29. The normalized spacial score (nSPS) is 15.0. The van der Waals surface area contributed by atoms with E-state index in [0.29, 0.717) is 25.7 Å². The van der Waals surface area contributed by atoms with Crippen LogP contribution in [0.4, 0.5) is 0 Å². The molecule has 0 saturated carbocycles. The van der Waals surface area contributed by atoms with Gasteiger partial charge < -0.3 is 14.8 Å². The zero-order valence-corrected chi connectivity index (χ0v) is 12.4. The molecule has 0 fully saturated rings. The van der Waals surface area contributed by atoms with Gasteiger partial charge in [-0.15, -0.1) is 0 Å². The first-order valence-electron chi connectivity index (χ1n) is 7.25. The highest BCUT2D eigenvalue weighted by molar-refractivity contribution is 5.77. The Bertz CT molecular complexity index is 471. The van der Waals surface area contributed by atoms with Crippen molar-refractivity contribution in [2.24, 2.45) is 5.92 Å². The lowest BCUT2D eigenvalue weighted by molar-refractivity contribution is -0.123. The van der Waals surface area contributed by atoms with Crippen LogP contribution in [0, 0.1) is 5.92 Å². The van der Waals surface area contributed by atoms with Gasteiger partial charge in [-0.1, -0.05) is 26.8 Å². The van der Waals surface area contributed by atoms with E-state index in [1.807, 2.05) is 26.0 Å². The summed E-state index contributed by atoms with van der Waals surface area (Å²) in [6.07, 6.45) is 0.915. The number of benzene rings is 1. The Hall–Kier alpha value is -1.71. The lowest BCUT2D eigenvalue weighted by atomic mass is 9.97. The van der Waals surface area contributed by atoms with Crippen LogP contribution in [0.15, 0.2) is 18.2 Å². The number of rotatable bonds is 5. The molecule has 1 heterocycles. The molecule has 0 aromatic heterocycles. The molecule has 1 atom stereocenters. The van der Waals surface area contributed by atoms with Crippen LogP contribution in [-0.2, 0) is 4.79 Å². The highest BCUT2D eigenvalue weighted by atomic mass is 16.6. The van der Waals surface area contributed by atoms with Crippen LogP contribution in [0.2, 0.25) is 0 Å². The van der Waals surface area contributed by atoms with E-state index in [9.17, 15) is 4.79 Å². The maximum atomic E-state index is 11.5. The van der Waals surface area contributed by atoms with Crippen LogP contribution >= 0.6 is 0 Å². The van der Waals surface area contributed by atoms with E-state index in [4.69, 9.17) is 9.47 Å². The Kier molecular flexibility index (Phi) is 4.88. The van der Waals surface area contributed by atoms with Gasteiger partial charge in [0.15, 0.2) is 11.5 Å². The van der Waals surface area contributed by atoms with Gasteiger partial charge in [0.2, 0.25) is 5.91 Å². The molecular weight excluding hydrogens is 254 g/mol. The van der Waals surface area contributed by atoms with Crippen molar-refractivity contribution >= 4 is 5.91 Å². The molecule has 0 saturated heterocycles. The molecular formula is C16H23NO3. The summed E-state index contributed by atoms with van der Waals surface area (Å²) < 4.78 is 11.1. The van der Waals surface area contributed by atoms with Crippen LogP contribution in [-0.4, -0.2) is 25.7 Å². The minimum Gasteiger partial charge on any atom is -0.486 e. The van der Waals surface area contributed by atoms with Crippen LogP contribution in [0.5, 0.6) is 11.5 Å². The maximum Gasteiger partial charge on any atom is 0.222 e. The topological polar surface area (TPSA) is 47.6 Å². The Balaban J connectivity index is 1.89. The molecule has 20 heavy (non-hydrogen) atoms. The Morgan fingerprint density at radius 1 is 1.20 bits per heavy atom. The maximum absolute atomic E-state index is 11.5. The number of carbonyl (C=O) groups excluding carboxylic acids is 1. The third kappa shape index (κ3) is 3.65. The SMILES string of the molecule is CC(C)C(=O)NCCC(C)c1ccc2c(c1)OCCO2. The average molecular weight is 277 g/mol. The summed E-state index contributed by atoms with van der Waals surface area (Å²) in [5.74, 6) is 2.17. The molecule has 1 aliphatic rings. The first-order valence-corrected chi connectivity index (χ1v) is 7.25. The molecule has 1 amide bonds. The van der Waals surface area contributed by atoms with Crippen LogP contribution in [0.1, 0.15) is 38.7 Å². The van der Waals surface area contributed by atoms with E-state index in [1.54, 1.807) is 0 Å². The second-order valence-electron chi connectivity index (χ2n) is 5.54. The summed E-state index contributed by atoms with van der Waals surface area (Å²) >= 11 is 0. The van der Waals surface area contributed by atoms with Crippen molar-refractivity contribution < 1.29 is 14.3 Å². The first kappa shape index (κ1) is 14.7. The van der Waals surface area contributed by atoms with Crippen molar-refractivity contribution in [1.29, 1.82) is 0 Å². The number of nitrogens with one attached hydrogen (secondary N) is 1. The van der Waals surface area contributed by atoms with Gasteiger partial charge in [-0.05, 0) is 30.0 Å². The van der Waals surface area contributed by atoms with E-state index < -0.39 is 0 Å². The predicted molar refractivity (Wildman–Crippen MR) is 78.3 cm³/mol. The van der Waals surface area contributed by atoms with Crippen molar-refractivity contribution in [2.45, 2.75) is 33.1 Å². The van der Waals surface area contributed by atoms with Crippen molar-refractivity contribution in [2.75, 3.05) is 19.8 Å². The van der Waals surface area contributed by atoms with Gasteiger partial charge >= 0.3 is 0 Å². The smallest absolute Gasteiger partial charge is 0.222 e. The number of hydrogen-bond acceptors (Lipinski definition) is 3. The number of amides is 1. The molecule has 2 rings (SSSR count). The molecule has 1 aliphatic heterocycles. The summed E-state index contributed by atoms with van der Waals surface area (Å²) in [5.41, 5.74) is 1.22. The van der Waals surface area contributed by atoms with Gasteiger partial charge in [0.25, 0.3) is 0 Å². The Morgan fingerprint density at radius 3 is 2.60 bits per heavy atom. The van der Waals surface area contributed by atoms with E-state index in [0.717, 1.165) is 17.9 Å². The number of fused-ring (bicyclic) bond motifs is 1. The highest BCUT2D eigenvalue weighted by Gasteiger charge is 2.14. The molecule has 4 nitrogen and oxygen atoms in total. The van der Waals surface area contributed by atoms with Crippen molar-refractivity contribution in [1.82, 2.24) is 5.32 Å². The van der Waals surface area contributed by atoms with E-state index in [1.165, 1.54) is 5.56 Å². The minimum absolute atomic E-state index is 0.0413. The van der Waals surface area contributed by atoms with Gasteiger partial charge in [0.05, 0.1) is 0 Å². The van der Waals surface area contributed by atoms with Gasteiger partial charge in [-0.2, -0.15) is 0 Å². The minimum atomic E-state index is 0.0413. The molecule has 1 aromatic rings.